The number of benzene rings is 2. The summed E-state index contributed by atoms with van der Waals surface area (Å²) < 4.78 is 18.9. The molecule has 2 aromatic rings. The summed E-state index contributed by atoms with van der Waals surface area (Å²) in [6.45, 7) is 7.80. The minimum atomic E-state index is -0.943. The minimum Gasteiger partial charge on any atom is -0.483 e. The van der Waals surface area contributed by atoms with Crippen molar-refractivity contribution in [3.05, 3.63) is 65.0 Å². The number of aryl methyl sites for hydroxylation is 1. The van der Waals surface area contributed by atoms with E-state index in [4.69, 9.17) is 9.84 Å². The molecular formula is C24H29FN2O4. The third kappa shape index (κ3) is 6.04. The highest BCUT2D eigenvalue weighted by Gasteiger charge is 2.32. The Hall–Kier alpha value is -2.93. The van der Waals surface area contributed by atoms with Crippen LogP contribution >= 0.6 is 0 Å². The van der Waals surface area contributed by atoms with Gasteiger partial charge < -0.3 is 14.7 Å². The fourth-order valence-electron chi connectivity index (χ4n) is 3.96. The van der Waals surface area contributed by atoms with Gasteiger partial charge >= 0.3 is 5.97 Å². The van der Waals surface area contributed by atoms with Gasteiger partial charge in [0, 0.05) is 37.3 Å². The van der Waals surface area contributed by atoms with Crippen LogP contribution in [-0.4, -0.2) is 58.6 Å². The van der Waals surface area contributed by atoms with Crippen LogP contribution in [0.5, 0.6) is 5.75 Å². The van der Waals surface area contributed by atoms with E-state index in [2.05, 4.69) is 11.8 Å². The van der Waals surface area contributed by atoms with Crippen molar-refractivity contribution in [1.29, 1.82) is 0 Å². The van der Waals surface area contributed by atoms with Gasteiger partial charge in [0.2, 0.25) is 0 Å². The van der Waals surface area contributed by atoms with E-state index in [0.717, 1.165) is 11.1 Å². The first-order valence-corrected chi connectivity index (χ1v) is 10.4. The van der Waals surface area contributed by atoms with Gasteiger partial charge in [-0.05, 0) is 44.5 Å². The predicted octanol–water partition coefficient (Wildman–Crippen LogP) is 3.26. The molecule has 166 valence electrons. The Morgan fingerprint density at radius 1 is 1.10 bits per heavy atom. The van der Waals surface area contributed by atoms with Crippen LogP contribution in [-0.2, 0) is 22.6 Å². The highest BCUT2D eigenvalue weighted by molar-refractivity contribution is 5.78. The molecule has 3 rings (SSSR count). The molecule has 2 atom stereocenters. The van der Waals surface area contributed by atoms with Crippen LogP contribution in [0.3, 0.4) is 0 Å². The number of carboxylic acids is 1. The number of hydrogen-bond donors (Lipinski definition) is 1. The van der Waals surface area contributed by atoms with Gasteiger partial charge in [-0.15, -0.1) is 0 Å². The van der Waals surface area contributed by atoms with Crippen LogP contribution in [0, 0.1) is 12.7 Å². The number of ether oxygens (including phenoxy) is 1. The molecular weight excluding hydrogens is 399 g/mol. The lowest BCUT2D eigenvalue weighted by molar-refractivity contribution is -0.139. The summed E-state index contributed by atoms with van der Waals surface area (Å²) in [6.07, 6.45) is -0.152. The second kappa shape index (κ2) is 9.92. The normalized spacial score (nSPS) is 19.3. The first-order chi connectivity index (χ1) is 14.7. The van der Waals surface area contributed by atoms with Crippen LogP contribution in [0.2, 0.25) is 0 Å². The SMILES string of the molecule is Cc1ccc(OCC(=O)N2CC(C)N(Cc3ccc(F)cc3)CC2C)c(CC(=O)O)c1. The van der Waals surface area contributed by atoms with Crippen LogP contribution in [0.4, 0.5) is 4.39 Å². The smallest absolute Gasteiger partial charge is 0.307 e. The standard InChI is InChI=1S/C24H29FN2O4/c1-16-4-9-22(20(10-16)11-24(29)30)31-15-23(28)27-13-17(2)26(12-18(27)3)14-19-5-7-21(25)8-6-19/h4-10,17-18H,11-15H2,1-3H3,(H,29,30). The summed E-state index contributed by atoms with van der Waals surface area (Å²) in [6, 6.07) is 12.0. The predicted molar refractivity (Wildman–Crippen MR) is 115 cm³/mol. The number of carbonyl (C=O) groups excluding carboxylic acids is 1. The molecule has 0 aromatic heterocycles. The molecule has 0 radical (unpaired) electrons. The molecule has 0 bridgehead atoms. The van der Waals surface area contributed by atoms with Crippen LogP contribution in [0.15, 0.2) is 42.5 Å². The quantitative estimate of drug-likeness (QED) is 0.733. The number of nitrogens with zero attached hydrogens (tertiary/aromatic N) is 2. The lowest BCUT2D eigenvalue weighted by Gasteiger charge is -2.44. The summed E-state index contributed by atoms with van der Waals surface area (Å²) in [5, 5.41) is 9.12. The molecule has 1 amide bonds. The third-order valence-corrected chi connectivity index (χ3v) is 5.64. The molecule has 0 saturated carbocycles. The number of halogens is 1. The van der Waals surface area contributed by atoms with Crippen molar-refractivity contribution in [2.75, 3.05) is 19.7 Å². The molecule has 1 aliphatic rings. The van der Waals surface area contributed by atoms with E-state index in [-0.39, 0.29) is 36.8 Å². The zero-order valence-electron chi connectivity index (χ0n) is 18.2. The summed E-state index contributed by atoms with van der Waals surface area (Å²) in [4.78, 5) is 28.1. The molecule has 0 spiro atoms. The van der Waals surface area contributed by atoms with Gasteiger partial charge in [0.05, 0.1) is 6.42 Å². The minimum absolute atomic E-state index is 0.00394. The van der Waals surface area contributed by atoms with Crippen LogP contribution in [0.1, 0.15) is 30.5 Å². The van der Waals surface area contributed by atoms with E-state index in [9.17, 15) is 14.0 Å². The average Bonchev–Trinajstić information content (AvgIpc) is 2.71. The van der Waals surface area contributed by atoms with Gasteiger partial charge in [-0.3, -0.25) is 14.5 Å². The molecule has 2 unspecified atom stereocenters. The first kappa shape index (κ1) is 22.7. The zero-order chi connectivity index (χ0) is 22.5. The molecule has 31 heavy (non-hydrogen) atoms. The van der Waals surface area contributed by atoms with Gasteiger partial charge in [0.15, 0.2) is 6.61 Å². The number of amides is 1. The lowest BCUT2D eigenvalue weighted by atomic mass is 10.1. The van der Waals surface area contributed by atoms with Crippen molar-refractivity contribution in [2.45, 2.75) is 45.8 Å². The summed E-state index contributed by atoms with van der Waals surface area (Å²) in [5.41, 5.74) is 2.54. The van der Waals surface area contributed by atoms with Crippen molar-refractivity contribution in [3.8, 4) is 5.75 Å². The van der Waals surface area contributed by atoms with E-state index < -0.39 is 5.97 Å². The maximum absolute atomic E-state index is 13.1. The fourth-order valence-corrected chi connectivity index (χ4v) is 3.96. The Labute approximate surface area is 182 Å². The zero-order valence-corrected chi connectivity index (χ0v) is 18.2. The van der Waals surface area contributed by atoms with Gasteiger partial charge in [0.1, 0.15) is 11.6 Å². The largest absolute Gasteiger partial charge is 0.483 e. The Kier molecular flexibility index (Phi) is 7.28. The van der Waals surface area contributed by atoms with Crippen LogP contribution < -0.4 is 4.74 Å². The van der Waals surface area contributed by atoms with E-state index >= 15 is 0 Å². The third-order valence-electron chi connectivity index (χ3n) is 5.64. The van der Waals surface area contributed by atoms with Crippen LogP contribution in [0.25, 0.3) is 0 Å². The number of rotatable bonds is 7. The van der Waals surface area contributed by atoms with Gasteiger partial charge in [-0.2, -0.15) is 0 Å². The highest BCUT2D eigenvalue weighted by atomic mass is 19.1. The molecule has 2 aromatic carbocycles. The Balaban J connectivity index is 1.59. The molecule has 1 fully saturated rings. The number of hydrogen-bond acceptors (Lipinski definition) is 4. The Morgan fingerprint density at radius 3 is 2.48 bits per heavy atom. The van der Waals surface area contributed by atoms with Gasteiger partial charge in [-0.1, -0.05) is 29.8 Å². The summed E-state index contributed by atoms with van der Waals surface area (Å²) in [5.74, 6) is -0.887. The number of carbonyl (C=O) groups is 2. The van der Waals surface area contributed by atoms with E-state index in [1.54, 1.807) is 24.3 Å². The topological polar surface area (TPSA) is 70.1 Å². The van der Waals surface area contributed by atoms with Crippen molar-refractivity contribution in [2.24, 2.45) is 0 Å². The Bertz CT molecular complexity index is 932. The van der Waals surface area contributed by atoms with Gasteiger partial charge in [-0.25, -0.2) is 4.39 Å². The Morgan fingerprint density at radius 2 is 1.81 bits per heavy atom. The molecule has 1 aliphatic heterocycles. The highest BCUT2D eigenvalue weighted by Crippen LogP contribution is 2.22. The van der Waals surface area contributed by atoms with E-state index in [1.165, 1.54) is 12.1 Å². The lowest BCUT2D eigenvalue weighted by Crippen LogP contribution is -2.58. The molecule has 0 aliphatic carbocycles. The van der Waals surface area contributed by atoms with Crippen molar-refractivity contribution in [3.63, 3.8) is 0 Å². The molecule has 1 N–H and O–H groups in total. The maximum Gasteiger partial charge on any atom is 0.307 e. The molecule has 1 heterocycles. The average molecular weight is 429 g/mol. The van der Waals surface area contributed by atoms with E-state index in [0.29, 0.717) is 30.9 Å². The van der Waals surface area contributed by atoms with Crippen molar-refractivity contribution >= 4 is 11.9 Å². The number of aliphatic carboxylic acids is 1. The second-order valence-electron chi connectivity index (χ2n) is 8.27. The first-order valence-electron chi connectivity index (χ1n) is 10.4. The monoisotopic (exact) mass is 428 g/mol. The van der Waals surface area contributed by atoms with Crippen molar-refractivity contribution in [1.82, 2.24) is 9.80 Å². The number of piperazine rings is 1. The summed E-state index contributed by atoms with van der Waals surface area (Å²) in [7, 11) is 0. The molecule has 7 heteroatoms. The fraction of sp³-hybridized carbons (Fsp3) is 0.417. The second-order valence-corrected chi connectivity index (χ2v) is 8.27. The van der Waals surface area contributed by atoms with Crippen molar-refractivity contribution < 1.29 is 23.8 Å². The molecule has 6 nitrogen and oxygen atoms in total. The van der Waals surface area contributed by atoms with Gasteiger partial charge in [0.25, 0.3) is 5.91 Å². The summed E-state index contributed by atoms with van der Waals surface area (Å²) >= 11 is 0. The maximum atomic E-state index is 13.1. The van der Waals surface area contributed by atoms with E-state index in [1.807, 2.05) is 24.8 Å². The molecule has 1 saturated heterocycles. The number of carboxylic acid groups (broad SMARTS) is 1.